The zero-order chi connectivity index (χ0) is 21.8. The minimum absolute atomic E-state index is 0.0870. The molecule has 0 atom stereocenters. The first-order chi connectivity index (χ1) is 13.6. The molecular formula is C19H22BrN3O5S. The van der Waals surface area contributed by atoms with Crippen LogP contribution in [-0.2, 0) is 19.7 Å². The Hall–Kier alpha value is -2.27. The normalized spacial score (nSPS) is 11.4. The number of hydroxylamine groups is 1. The lowest BCUT2D eigenvalue weighted by Crippen LogP contribution is -2.35. The average molecular weight is 484 g/mol. The monoisotopic (exact) mass is 483 g/mol. The van der Waals surface area contributed by atoms with Crippen molar-refractivity contribution in [3.05, 3.63) is 58.1 Å². The average Bonchev–Trinajstić information content (AvgIpc) is 2.68. The van der Waals surface area contributed by atoms with E-state index in [1.54, 1.807) is 12.1 Å². The Bertz CT molecular complexity index is 1030. The molecule has 0 fully saturated rings. The van der Waals surface area contributed by atoms with Gasteiger partial charge in [-0.05, 0) is 48.9 Å². The predicted octanol–water partition coefficient (Wildman–Crippen LogP) is 2.65. The summed E-state index contributed by atoms with van der Waals surface area (Å²) in [7, 11) is 0.0681. The first-order valence-electron chi connectivity index (χ1n) is 8.51. The topological polar surface area (TPSA) is 96.0 Å². The molecule has 0 bridgehead atoms. The van der Waals surface area contributed by atoms with E-state index in [0.29, 0.717) is 10.2 Å². The third-order valence-corrected chi connectivity index (χ3v) is 6.33. The quantitative estimate of drug-likeness (QED) is 0.610. The van der Waals surface area contributed by atoms with Crippen molar-refractivity contribution in [1.29, 1.82) is 0 Å². The van der Waals surface area contributed by atoms with Crippen molar-refractivity contribution in [3.63, 3.8) is 0 Å². The molecule has 0 heterocycles. The lowest BCUT2D eigenvalue weighted by atomic mass is 10.2. The molecule has 0 radical (unpaired) electrons. The number of hydrogen-bond acceptors (Lipinski definition) is 5. The number of likely N-dealkylation sites (N-methyl/N-ethyl adjacent to an activating group) is 1. The van der Waals surface area contributed by atoms with Crippen LogP contribution in [0.25, 0.3) is 0 Å². The van der Waals surface area contributed by atoms with Crippen LogP contribution in [0.1, 0.15) is 15.9 Å². The van der Waals surface area contributed by atoms with Crippen molar-refractivity contribution in [2.24, 2.45) is 0 Å². The van der Waals surface area contributed by atoms with Crippen LogP contribution in [0.4, 0.5) is 5.69 Å². The maximum atomic E-state index is 12.7. The van der Waals surface area contributed by atoms with Crippen LogP contribution in [0.2, 0.25) is 0 Å². The number of benzene rings is 2. The fourth-order valence-electron chi connectivity index (χ4n) is 2.50. The van der Waals surface area contributed by atoms with E-state index in [-0.39, 0.29) is 22.9 Å². The molecule has 0 aliphatic rings. The summed E-state index contributed by atoms with van der Waals surface area (Å²) in [5, 5.41) is 2.76. The summed E-state index contributed by atoms with van der Waals surface area (Å²) in [6, 6.07) is 11.0. The van der Waals surface area contributed by atoms with Gasteiger partial charge in [0.15, 0.2) is 0 Å². The molecule has 156 valence electrons. The number of hydrogen-bond donors (Lipinski definition) is 1. The molecule has 0 aliphatic carbocycles. The fourth-order valence-corrected chi connectivity index (χ4v) is 4.00. The Morgan fingerprint density at radius 1 is 1.14 bits per heavy atom. The molecule has 0 aromatic heterocycles. The van der Waals surface area contributed by atoms with Crippen LogP contribution < -0.4 is 5.32 Å². The van der Waals surface area contributed by atoms with Gasteiger partial charge in [-0.3, -0.25) is 14.4 Å². The number of anilines is 1. The summed E-state index contributed by atoms with van der Waals surface area (Å²) in [5.74, 6) is -0.848. The minimum atomic E-state index is -3.89. The number of halogens is 1. The lowest BCUT2D eigenvalue weighted by molar-refractivity contribution is -0.116. The van der Waals surface area contributed by atoms with Gasteiger partial charge in [-0.25, -0.2) is 8.42 Å². The van der Waals surface area contributed by atoms with Crippen molar-refractivity contribution in [3.8, 4) is 0 Å². The van der Waals surface area contributed by atoms with Gasteiger partial charge >= 0.3 is 0 Å². The molecule has 0 saturated heterocycles. The fraction of sp³-hybridized carbons (Fsp3) is 0.263. The second-order valence-electron chi connectivity index (χ2n) is 6.29. The van der Waals surface area contributed by atoms with Crippen LogP contribution in [0.15, 0.2) is 51.8 Å². The second-order valence-corrected chi connectivity index (χ2v) is 9.15. The Morgan fingerprint density at radius 3 is 2.45 bits per heavy atom. The number of sulfonamides is 1. The van der Waals surface area contributed by atoms with Gasteiger partial charge in [-0.2, -0.15) is 0 Å². The van der Waals surface area contributed by atoms with E-state index in [1.807, 2.05) is 13.0 Å². The van der Waals surface area contributed by atoms with Gasteiger partial charge in [0.05, 0.1) is 18.6 Å². The van der Waals surface area contributed by atoms with E-state index in [4.69, 9.17) is 4.84 Å². The zero-order valence-corrected chi connectivity index (χ0v) is 18.9. The predicted molar refractivity (Wildman–Crippen MR) is 113 cm³/mol. The molecular weight excluding hydrogens is 462 g/mol. The molecule has 29 heavy (non-hydrogen) atoms. The zero-order valence-electron chi connectivity index (χ0n) is 16.5. The van der Waals surface area contributed by atoms with E-state index in [9.17, 15) is 18.0 Å². The van der Waals surface area contributed by atoms with Crippen molar-refractivity contribution < 1.29 is 22.8 Å². The van der Waals surface area contributed by atoms with Crippen LogP contribution in [0.5, 0.6) is 0 Å². The van der Waals surface area contributed by atoms with E-state index in [0.717, 1.165) is 10.0 Å². The maximum Gasteiger partial charge on any atom is 0.264 e. The third-order valence-electron chi connectivity index (χ3n) is 4.16. The molecule has 2 aromatic rings. The first kappa shape index (κ1) is 23.0. The van der Waals surface area contributed by atoms with Crippen LogP contribution >= 0.6 is 15.9 Å². The summed E-state index contributed by atoms with van der Waals surface area (Å²) < 4.78 is 26.3. The third kappa shape index (κ3) is 5.63. The van der Waals surface area contributed by atoms with Gasteiger partial charge in [0.2, 0.25) is 5.91 Å². The smallest absolute Gasteiger partial charge is 0.264 e. The van der Waals surface area contributed by atoms with Gasteiger partial charge < -0.3 is 10.2 Å². The Labute approximate surface area is 178 Å². The molecule has 2 amide bonds. The van der Waals surface area contributed by atoms with Gasteiger partial charge in [-0.15, -0.1) is 0 Å². The molecule has 2 rings (SSSR count). The summed E-state index contributed by atoms with van der Waals surface area (Å²) >= 11 is 3.36. The molecule has 2 aromatic carbocycles. The first-order valence-corrected chi connectivity index (χ1v) is 10.7. The van der Waals surface area contributed by atoms with E-state index < -0.39 is 15.9 Å². The number of rotatable bonds is 7. The Kier molecular flexibility index (Phi) is 7.53. The molecule has 10 heteroatoms. The molecule has 1 N–H and O–H groups in total. The standard InChI is InChI=1S/C19H22BrN3O5S/c1-13-10-15(20)8-9-17(13)21-18(24)12-22(2)19(25)14-6-5-7-16(11-14)29(26,27)23(3)28-4/h5-11H,12H2,1-4H3,(H,21,24). The number of aryl methyl sites for hydroxylation is 1. The van der Waals surface area contributed by atoms with Gasteiger partial charge in [0.1, 0.15) is 0 Å². The largest absolute Gasteiger partial charge is 0.332 e. The molecule has 0 saturated carbocycles. The van der Waals surface area contributed by atoms with Gasteiger partial charge in [-0.1, -0.05) is 26.5 Å². The number of carbonyl (C=O) groups is 2. The minimum Gasteiger partial charge on any atom is -0.332 e. The molecule has 0 aliphatic heterocycles. The second kappa shape index (κ2) is 9.49. The lowest BCUT2D eigenvalue weighted by Gasteiger charge is -2.18. The van der Waals surface area contributed by atoms with Crippen LogP contribution in [-0.4, -0.2) is 57.4 Å². The van der Waals surface area contributed by atoms with Crippen molar-refractivity contribution in [2.45, 2.75) is 11.8 Å². The highest BCUT2D eigenvalue weighted by Crippen LogP contribution is 2.20. The Balaban J connectivity index is 2.12. The molecule has 0 spiro atoms. The summed E-state index contributed by atoms with van der Waals surface area (Å²) in [4.78, 5) is 30.8. The van der Waals surface area contributed by atoms with E-state index >= 15 is 0 Å². The Morgan fingerprint density at radius 2 is 1.83 bits per heavy atom. The SMILES string of the molecule is CON(C)S(=O)(=O)c1cccc(C(=O)N(C)CC(=O)Nc2ccc(Br)cc2C)c1. The highest BCUT2D eigenvalue weighted by molar-refractivity contribution is 9.10. The summed E-state index contributed by atoms with van der Waals surface area (Å²) in [6.45, 7) is 1.67. The number of nitrogens with one attached hydrogen (secondary N) is 1. The van der Waals surface area contributed by atoms with E-state index in [1.165, 1.54) is 50.4 Å². The van der Waals surface area contributed by atoms with Gasteiger partial charge in [0.25, 0.3) is 15.9 Å². The molecule has 0 unspecified atom stereocenters. The van der Waals surface area contributed by atoms with Crippen molar-refractivity contribution in [2.75, 3.05) is 33.1 Å². The highest BCUT2D eigenvalue weighted by Gasteiger charge is 2.23. The highest BCUT2D eigenvalue weighted by atomic mass is 79.9. The number of amides is 2. The summed E-state index contributed by atoms with van der Waals surface area (Å²) in [5.41, 5.74) is 1.67. The number of carbonyl (C=O) groups excluding carboxylic acids is 2. The van der Waals surface area contributed by atoms with Crippen molar-refractivity contribution >= 4 is 43.5 Å². The van der Waals surface area contributed by atoms with Gasteiger partial charge in [0, 0.05) is 29.8 Å². The van der Waals surface area contributed by atoms with Crippen molar-refractivity contribution in [1.82, 2.24) is 9.37 Å². The number of nitrogens with zero attached hydrogens (tertiary/aromatic N) is 2. The summed E-state index contributed by atoms with van der Waals surface area (Å²) in [6.07, 6.45) is 0. The van der Waals surface area contributed by atoms with Crippen LogP contribution in [0, 0.1) is 6.92 Å². The molecule has 8 nitrogen and oxygen atoms in total. The maximum absolute atomic E-state index is 12.7. The van der Waals surface area contributed by atoms with Crippen LogP contribution in [0.3, 0.4) is 0 Å². The van der Waals surface area contributed by atoms with E-state index in [2.05, 4.69) is 21.2 Å².